The summed E-state index contributed by atoms with van der Waals surface area (Å²) in [4.78, 5) is 30.7. The highest BCUT2D eigenvalue weighted by Crippen LogP contribution is 2.57. The van der Waals surface area contributed by atoms with Crippen molar-refractivity contribution in [3.8, 4) is 11.4 Å². The van der Waals surface area contributed by atoms with Crippen molar-refractivity contribution in [2.24, 2.45) is 5.92 Å². The first kappa shape index (κ1) is 17.4. The molecule has 4 aliphatic rings. The Morgan fingerprint density at radius 1 is 1.17 bits per heavy atom. The maximum atomic E-state index is 12.3. The summed E-state index contributed by atoms with van der Waals surface area (Å²) in [6.45, 7) is 1.23. The number of carboxylic acid groups (broad SMARTS) is 1. The van der Waals surface area contributed by atoms with Crippen molar-refractivity contribution in [1.82, 2.24) is 25.3 Å². The molecule has 4 heterocycles. The fourth-order valence-corrected chi connectivity index (χ4v) is 5.94. The Kier molecular flexibility index (Phi) is 3.62. The second-order valence-electron chi connectivity index (χ2n) is 9.01. The van der Waals surface area contributed by atoms with Crippen LogP contribution in [0.15, 0.2) is 18.5 Å². The average molecular weight is 393 g/mol. The van der Waals surface area contributed by atoms with Gasteiger partial charge < -0.3 is 15.2 Å². The lowest BCUT2D eigenvalue weighted by molar-refractivity contribution is -0.0167. The maximum Gasteiger partial charge on any atom is 0.355 e. The molecule has 2 aromatic heterocycles. The Morgan fingerprint density at radius 3 is 2.52 bits per heavy atom. The number of hydrogen-bond acceptors (Lipinski definition) is 7. The van der Waals surface area contributed by atoms with Gasteiger partial charge in [0.1, 0.15) is 5.60 Å². The van der Waals surface area contributed by atoms with Crippen molar-refractivity contribution in [2.75, 3.05) is 13.2 Å². The molecule has 2 unspecified atom stereocenters. The van der Waals surface area contributed by atoms with Crippen molar-refractivity contribution in [3.63, 3.8) is 0 Å². The first-order chi connectivity index (χ1) is 14.1. The van der Waals surface area contributed by atoms with Crippen LogP contribution in [-0.4, -0.2) is 50.2 Å². The molecule has 0 amide bonds. The first-order valence-electron chi connectivity index (χ1n) is 10.4. The molecular formula is C21H23N5O3. The van der Waals surface area contributed by atoms with Crippen LogP contribution in [0, 0.1) is 5.92 Å². The van der Waals surface area contributed by atoms with Gasteiger partial charge in [-0.25, -0.2) is 24.7 Å². The van der Waals surface area contributed by atoms with Crippen LogP contribution in [0.4, 0.5) is 0 Å². The number of nitrogens with zero attached hydrogens (tertiary/aromatic N) is 4. The molecule has 4 bridgehead atoms. The van der Waals surface area contributed by atoms with Gasteiger partial charge >= 0.3 is 5.97 Å². The molecule has 0 radical (unpaired) electrons. The molecule has 2 aliphatic heterocycles. The van der Waals surface area contributed by atoms with Crippen LogP contribution in [-0.2, 0) is 15.8 Å². The van der Waals surface area contributed by atoms with E-state index in [1.54, 1.807) is 18.5 Å². The highest BCUT2D eigenvalue weighted by atomic mass is 16.5. The molecule has 0 spiro atoms. The van der Waals surface area contributed by atoms with Gasteiger partial charge in [-0.15, -0.1) is 0 Å². The molecule has 0 aromatic carbocycles. The topological polar surface area (TPSA) is 110 Å². The molecule has 4 fully saturated rings. The standard InChI is InChI=1S/C21H23N5O3/c27-18(28)15-14(17-22-6-1-7-23-17)16(20-4-2-12(8-20)3-5-20)26-19(25-15)21-9-13(10-29-21)24-11-21/h1,6-7,12-13,24H,2-5,8-11H2,(H,27,28). The summed E-state index contributed by atoms with van der Waals surface area (Å²) in [6, 6.07) is 2.02. The minimum absolute atomic E-state index is 0.00532. The number of aromatic carboxylic acids is 1. The molecule has 29 heavy (non-hydrogen) atoms. The third-order valence-corrected chi connectivity index (χ3v) is 7.37. The van der Waals surface area contributed by atoms with E-state index in [9.17, 15) is 9.90 Å². The van der Waals surface area contributed by atoms with E-state index in [1.165, 1.54) is 12.8 Å². The monoisotopic (exact) mass is 393 g/mol. The van der Waals surface area contributed by atoms with E-state index in [-0.39, 0.29) is 17.2 Å². The van der Waals surface area contributed by atoms with Crippen molar-refractivity contribution >= 4 is 5.97 Å². The van der Waals surface area contributed by atoms with Gasteiger partial charge in [0.2, 0.25) is 0 Å². The lowest BCUT2D eigenvalue weighted by Gasteiger charge is -2.31. The first-order valence-corrected chi connectivity index (χ1v) is 10.4. The number of aromatic nitrogens is 4. The van der Waals surface area contributed by atoms with E-state index in [4.69, 9.17) is 9.72 Å². The molecule has 2 saturated carbocycles. The predicted molar refractivity (Wildman–Crippen MR) is 102 cm³/mol. The number of rotatable bonds is 4. The molecule has 2 N–H and O–H groups in total. The van der Waals surface area contributed by atoms with Crippen molar-refractivity contribution in [2.45, 2.75) is 55.6 Å². The number of carbonyl (C=O) groups is 1. The SMILES string of the molecule is O=C(O)c1nc(C23CNC(CO2)C3)nc(C23CCC(CC2)C3)c1-c1ncccn1. The summed E-state index contributed by atoms with van der Waals surface area (Å²) in [5, 5.41) is 13.5. The highest BCUT2D eigenvalue weighted by Gasteiger charge is 2.53. The third-order valence-electron chi connectivity index (χ3n) is 7.37. The van der Waals surface area contributed by atoms with Gasteiger partial charge in [-0.1, -0.05) is 0 Å². The minimum Gasteiger partial charge on any atom is -0.476 e. The molecule has 2 aromatic rings. The van der Waals surface area contributed by atoms with Crippen LogP contribution in [0.3, 0.4) is 0 Å². The Morgan fingerprint density at radius 2 is 1.97 bits per heavy atom. The quantitative estimate of drug-likeness (QED) is 0.812. The fourth-order valence-electron chi connectivity index (χ4n) is 5.94. The molecule has 8 nitrogen and oxygen atoms in total. The van der Waals surface area contributed by atoms with E-state index in [0.29, 0.717) is 36.3 Å². The second kappa shape index (κ2) is 6.03. The fraction of sp³-hybridized carbons (Fsp3) is 0.571. The summed E-state index contributed by atoms with van der Waals surface area (Å²) in [5.74, 6) is 0.521. The van der Waals surface area contributed by atoms with Crippen LogP contribution < -0.4 is 5.32 Å². The molecular weight excluding hydrogens is 370 g/mol. The van der Waals surface area contributed by atoms with Crippen LogP contribution in [0.2, 0.25) is 0 Å². The van der Waals surface area contributed by atoms with Gasteiger partial charge in [-0.3, -0.25) is 0 Å². The lowest BCUT2D eigenvalue weighted by atomic mass is 9.78. The van der Waals surface area contributed by atoms with Crippen molar-refractivity contribution in [1.29, 1.82) is 0 Å². The van der Waals surface area contributed by atoms with E-state index in [2.05, 4.69) is 20.3 Å². The van der Waals surface area contributed by atoms with E-state index in [1.807, 2.05) is 0 Å². The van der Waals surface area contributed by atoms with Gasteiger partial charge in [0.15, 0.2) is 17.3 Å². The summed E-state index contributed by atoms with van der Waals surface area (Å²) in [6.07, 6.45) is 9.51. The third kappa shape index (κ3) is 2.48. The van der Waals surface area contributed by atoms with Gasteiger partial charge in [0.25, 0.3) is 0 Å². The molecule has 2 atom stereocenters. The Labute approximate surface area is 168 Å². The van der Waals surface area contributed by atoms with Crippen molar-refractivity contribution in [3.05, 3.63) is 35.7 Å². The van der Waals surface area contributed by atoms with Crippen LogP contribution in [0.5, 0.6) is 0 Å². The molecule has 6 rings (SSSR count). The zero-order chi connectivity index (χ0) is 19.6. The number of morpholine rings is 1. The molecule has 8 heteroatoms. The normalized spacial score (nSPS) is 34.8. The highest BCUT2D eigenvalue weighted by molar-refractivity contribution is 5.93. The number of fused-ring (bicyclic) bond motifs is 4. The number of carboxylic acids is 1. The summed E-state index contributed by atoms with van der Waals surface area (Å²) >= 11 is 0. The van der Waals surface area contributed by atoms with Crippen LogP contribution >= 0.6 is 0 Å². The lowest BCUT2D eigenvalue weighted by Crippen LogP contribution is -2.39. The maximum absolute atomic E-state index is 12.3. The Hall–Kier alpha value is -2.45. The molecule has 150 valence electrons. The van der Waals surface area contributed by atoms with Gasteiger partial charge in [-0.2, -0.15) is 0 Å². The number of ether oxygens (including phenoxy) is 1. The summed E-state index contributed by atoms with van der Waals surface area (Å²) < 4.78 is 6.09. The minimum atomic E-state index is -1.07. The van der Waals surface area contributed by atoms with E-state index < -0.39 is 11.6 Å². The summed E-state index contributed by atoms with van der Waals surface area (Å²) in [5.41, 5.74) is 0.560. The van der Waals surface area contributed by atoms with E-state index >= 15 is 0 Å². The summed E-state index contributed by atoms with van der Waals surface area (Å²) in [7, 11) is 0. The zero-order valence-corrected chi connectivity index (χ0v) is 16.1. The zero-order valence-electron chi connectivity index (χ0n) is 16.1. The molecule has 2 aliphatic carbocycles. The van der Waals surface area contributed by atoms with Crippen molar-refractivity contribution < 1.29 is 14.6 Å². The van der Waals surface area contributed by atoms with Gasteiger partial charge in [0.05, 0.1) is 17.9 Å². The van der Waals surface area contributed by atoms with E-state index in [0.717, 1.165) is 31.4 Å². The largest absolute Gasteiger partial charge is 0.476 e. The number of hydrogen-bond donors (Lipinski definition) is 2. The Balaban J connectivity index is 1.62. The number of nitrogens with one attached hydrogen (secondary N) is 1. The van der Waals surface area contributed by atoms with Gasteiger partial charge in [0, 0.05) is 36.8 Å². The average Bonchev–Trinajstić information content (AvgIpc) is 3.55. The van der Waals surface area contributed by atoms with Crippen LogP contribution in [0.1, 0.15) is 60.5 Å². The second-order valence-corrected chi connectivity index (χ2v) is 9.01. The molecule has 2 saturated heterocycles. The smallest absolute Gasteiger partial charge is 0.355 e. The van der Waals surface area contributed by atoms with Gasteiger partial charge in [-0.05, 0) is 44.1 Å². The Bertz CT molecular complexity index is 979. The predicted octanol–water partition coefficient (Wildman–Crippen LogP) is 2.05. The van der Waals surface area contributed by atoms with Crippen LogP contribution in [0.25, 0.3) is 11.4 Å².